The quantitative estimate of drug-likeness (QED) is 0.547. The van der Waals surface area contributed by atoms with Gasteiger partial charge in [-0.05, 0) is 36.4 Å². The lowest BCUT2D eigenvalue weighted by Gasteiger charge is -2.09. The Hall–Kier alpha value is -3.02. The van der Waals surface area contributed by atoms with Gasteiger partial charge in [0.2, 0.25) is 0 Å². The van der Waals surface area contributed by atoms with Gasteiger partial charge in [0, 0.05) is 12.7 Å². The molecular weight excluding hydrogens is 306 g/mol. The van der Waals surface area contributed by atoms with Crippen LogP contribution in [0.25, 0.3) is 0 Å². The molecule has 2 rings (SSSR count). The number of amides is 1. The number of nitrogens with zero attached hydrogens (tertiary/aromatic N) is 1. The number of rotatable bonds is 9. The molecule has 2 aromatic rings. The third kappa shape index (κ3) is 5.31. The highest BCUT2D eigenvalue weighted by molar-refractivity contribution is 5.94. The van der Waals surface area contributed by atoms with Gasteiger partial charge in [-0.25, -0.2) is 4.98 Å². The summed E-state index contributed by atoms with van der Waals surface area (Å²) in [5.41, 5.74) is 0.503. The van der Waals surface area contributed by atoms with E-state index in [4.69, 9.17) is 9.47 Å². The van der Waals surface area contributed by atoms with E-state index in [0.717, 1.165) is 11.5 Å². The predicted molar refractivity (Wildman–Crippen MR) is 93.7 cm³/mol. The Labute approximate surface area is 141 Å². The molecule has 0 aliphatic carbocycles. The SMILES string of the molecule is C=CCNc1ccc(C(=O)NCCOc2ccc(OC)cc2)cn1. The van der Waals surface area contributed by atoms with Crippen molar-refractivity contribution in [1.82, 2.24) is 10.3 Å². The molecule has 6 heteroatoms. The second-order valence-corrected chi connectivity index (χ2v) is 4.88. The molecule has 24 heavy (non-hydrogen) atoms. The molecule has 1 heterocycles. The fourth-order valence-corrected chi connectivity index (χ4v) is 1.92. The molecule has 1 amide bonds. The first-order valence-corrected chi connectivity index (χ1v) is 7.59. The van der Waals surface area contributed by atoms with Gasteiger partial charge >= 0.3 is 0 Å². The van der Waals surface area contributed by atoms with Gasteiger partial charge in [0.15, 0.2) is 0 Å². The van der Waals surface area contributed by atoms with E-state index in [-0.39, 0.29) is 5.91 Å². The third-order valence-electron chi connectivity index (χ3n) is 3.17. The van der Waals surface area contributed by atoms with E-state index in [1.807, 2.05) is 24.3 Å². The molecule has 1 aromatic heterocycles. The number of hydrogen-bond acceptors (Lipinski definition) is 5. The van der Waals surface area contributed by atoms with Crippen molar-refractivity contribution in [3.05, 3.63) is 60.8 Å². The van der Waals surface area contributed by atoms with Crippen LogP contribution in [0, 0.1) is 0 Å². The maximum atomic E-state index is 12.0. The molecule has 126 valence electrons. The van der Waals surface area contributed by atoms with Gasteiger partial charge in [-0.15, -0.1) is 6.58 Å². The number of hydrogen-bond donors (Lipinski definition) is 2. The number of nitrogens with one attached hydrogen (secondary N) is 2. The normalized spacial score (nSPS) is 9.88. The van der Waals surface area contributed by atoms with Crippen LogP contribution < -0.4 is 20.1 Å². The second kappa shape index (κ2) is 9.19. The van der Waals surface area contributed by atoms with Crippen molar-refractivity contribution in [2.75, 3.05) is 32.1 Å². The van der Waals surface area contributed by atoms with E-state index in [9.17, 15) is 4.79 Å². The van der Waals surface area contributed by atoms with Crippen LogP contribution >= 0.6 is 0 Å². The monoisotopic (exact) mass is 327 g/mol. The van der Waals surface area contributed by atoms with Gasteiger partial charge in [-0.2, -0.15) is 0 Å². The first kappa shape index (κ1) is 17.3. The standard InChI is InChI=1S/C18H21N3O3/c1-3-10-19-17-9-4-14(13-21-17)18(22)20-11-12-24-16-7-5-15(23-2)6-8-16/h3-9,13H,1,10-12H2,2H3,(H,19,21)(H,20,22). The van der Waals surface area contributed by atoms with Crippen molar-refractivity contribution < 1.29 is 14.3 Å². The summed E-state index contributed by atoms with van der Waals surface area (Å²) in [6.07, 6.45) is 3.27. The first-order chi connectivity index (χ1) is 11.7. The lowest BCUT2D eigenvalue weighted by molar-refractivity contribution is 0.0946. The Morgan fingerprint density at radius 3 is 2.58 bits per heavy atom. The number of anilines is 1. The number of ether oxygens (including phenoxy) is 2. The Morgan fingerprint density at radius 1 is 1.21 bits per heavy atom. The van der Waals surface area contributed by atoms with Crippen molar-refractivity contribution >= 4 is 11.7 Å². The van der Waals surface area contributed by atoms with Crippen molar-refractivity contribution in [1.29, 1.82) is 0 Å². The summed E-state index contributed by atoms with van der Waals surface area (Å²) in [5.74, 6) is 2.02. The average molecular weight is 327 g/mol. The lowest BCUT2D eigenvalue weighted by atomic mass is 10.2. The minimum Gasteiger partial charge on any atom is -0.497 e. The van der Waals surface area contributed by atoms with Crippen LogP contribution in [0.1, 0.15) is 10.4 Å². The molecule has 0 bridgehead atoms. The molecule has 0 aliphatic heterocycles. The number of aromatic nitrogens is 1. The summed E-state index contributed by atoms with van der Waals surface area (Å²) in [6.45, 7) is 5.03. The summed E-state index contributed by atoms with van der Waals surface area (Å²) in [6, 6.07) is 10.8. The number of pyridine rings is 1. The molecule has 0 saturated carbocycles. The van der Waals surface area contributed by atoms with Crippen molar-refractivity contribution in [2.45, 2.75) is 0 Å². The molecule has 0 fully saturated rings. The van der Waals surface area contributed by atoms with Gasteiger partial charge in [0.25, 0.3) is 5.91 Å². The molecule has 0 unspecified atom stereocenters. The molecule has 0 aliphatic rings. The van der Waals surface area contributed by atoms with E-state index in [1.54, 1.807) is 25.3 Å². The Bertz CT molecular complexity index is 654. The zero-order chi connectivity index (χ0) is 17.2. The van der Waals surface area contributed by atoms with Crippen molar-refractivity contribution in [2.24, 2.45) is 0 Å². The van der Waals surface area contributed by atoms with E-state index in [0.29, 0.717) is 31.1 Å². The maximum absolute atomic E-state index is 12.0. The van der Waals surface area contributed by atoms with Crippen LogP contribution in [0.15, 0.2) is 55.3 Å². The Balaban J connectivity index is 1.73. The van der Waals surface area contributed by atoms with Crippen LogP contribution in [0.2, 0.25) is 0 Å². The van der Waals surface area contributed by atoms with Crippen LogP contribution in [0.3, 0.4) is 0 Å². The maximum Gasteiger partial charge on any atom is 0.252 e. The van der Waals surface area contributed by atoms with Gasteiger partial charge in [-0.3, -0.25) is 4.79 Å². The van der Waals surface area contributed by atoms with Gasteiger partial charge in [-0.1, -0.05) is 6.08 Å². The molecular formula is C18H21N3O3. The first-order valence-electron chi connectivity index (χ1n) is 7.59. The summed E-state index contributed by atoms with van der Waals surface area (Å²) in [5, 5.41) is 5.84. The minimum absolute atomic E-state index is 0.184. The molecule has 1 aromatic carbocycles. The van der Waals surface area contributed by atoms with Gasteiger partial charge in [0.05, 0.1) is 19.2 Å². The van der Waals surface area contributed by atoms with Gasteiger partial charge in [0.1, 0.15) is 23.9 Å². The van der Waals surface area contributed by atoms with E-state index in [2.05, 4.69) is 22.2 Å². The number of carbonyl (C=O) groups is 1. The highest BCUT2D eigenvalue weighted by Crippen LogP contribution is 2.16. The van der Waals surface area contributed by atoms with Crippen LogP contribution in [0.5, 0.6) is 11.5 Å². The Morgan fingerprint density at radius 2 is 1.96 bits per heavy atom. The summed E-state index contributed by atoms with van der Waals surface area (Å²) < 4.78 is 10.6. The fourth-order valence-electron chi connectivity index (χ4n) is 1.92. The number of benzene rings is 1. The largest absolute Gasteiger partial charge is 0.497 e. The van der Waals surface area contributed by atoms with Gasteiger partial charge < -0.3 is 20.1 Å². The molecule has 0 atom stereocenters. The van der Waals surface area contributed by atoms with E-state index < -0.39 is 0 Å². The molecule has 2 N–H and O–H groups in total. The second-order valence-electron chi connectivity index (χ2n) is 4.88. The van der Waals surface area contributed by atoms with Crippen molar-refractivity contribution in [3.8, 4) is 11.5 Å². The minimum atomic E-state index is -0.184. The smallest absolute Gasteiger partial charge is 0.252 e. The third-order valence-corrected chi connectivity index (χ3v) is 3.17. The fraction of sp³-hybridized carbons (Fsp3) is 0.222. The molecule has 0 radical (unpaired) electrons. The zero-order valence-electron chi connectivity index (χ0n) is 13.6. The number of methoxy groups -OCH3 is 1. The molecule has 0 saturated heterocycles. The summed E-state index contributed by atoms with van der Waals surface area (Å²) in [4.78, 5) is 16.2. The summed E-state index contributed by atoms with van der Waals surface area (Å²) in [7, 11) is 1.61. The van der Waals surface area contributed by atoms with E-state index in [1.165, 1.54) is 6.20 Å². The molecule has 0 spiro atoms. The summed E-state index contributed by atoms with van der Waals surface area (Å²) >= 11 is 0. The van der Waals surface area contributed by atoms with Crippen molar-refractivity contribution in [3.63, 3.8) is 0 Å². The zero-order valence-corrected chi connectivity index (χ0v) is 13.6. The average Bonchev–Trinajstić information content (AvgIpc) is 2.64. The van der Waals surface area contributed by atoms with Crippen LogP contribution in [-0.4, -0.2) is 37.7 Å². The predicted octanol–water partition coefficient (Wildman–Crippen LogP) is 2.50. The Kier molecular flexibility index (Phi) is 6.64. The van der Waals surface area contributed by atoms with Crippen LogP contribution in [0.4, 0.5) is 5.82 Å². The van der Waals surface area contributed by atoms with E-state index >= 15 is 0 Å². The lowest BCUT2D eigenvalue weighted by Crippen LogP contribution is -2.28. The number of carbonyl (C=O) groups excluding carboxylic acids is 1. The molecule has 6 nitrogen and oxygen atoms in total. The topological polar surface area (TPSA) is 72.5 Å². The van der Waals surface area contributed by atoms with Crippen LogP contribution in [-0.2, 0) is 0 Å². The highest BCUT2D eigenvalue weighted by Gasteiger charge is 2.05. The highest BCUT2D eigenvalue weighted by atomic mass is 16.5.